The first-order chi connectivity index (χ1) is 8.93. The molecule has 0 aromatic heterocycles. The van der Waals surface area contributed by atoms with Crippen molar-refractivity contribution in [3.8, 4) is 0 Å². The fraction of sp³-hybridized carbons (Fsp3) is 1.00. The molecule has 2 heterocycles. The van der Waals surface area contributed by atoms with Crippen LogP contribution in [-0.2, 0) is 0 Å². The Hall–Kier alpha value is -0.0800. The highest BCUT2D eigenvalue weighted by Crippen LogP contribution is 2.33. The lowest BCUT2D eigenvalue weighted by atomic mass is 9.78. The summed E-state index contributed by atoms with van der Waals surface area (Å²) in [5, 5.41) is 3.50. The first kappa shape index (κ1) is 12.9. The zero-order valence-electron chi connectivity index (χ0n) is 11.9. The summed E-state index contributed by atoms with van der Waals surface area (Å²) in [5.74, 6) is 2.09. The fourth-order valence-corrected chi connectivity index (χ4v) is 4.52. The number of piperidine rings is 2. The molecule has 1 saturated carbocycles. The van der Waals surface area contributed by atoms with E-state index in [-0.39, 0.29) is 0 Å². The highest BCUT2D eigenvalue weighted by molar-refractivity contribution is 4.84. The molecule has 2 aliphatic heterocycles. The summed E-state index contributed by atoms with van der Waals surface area (Å²) in [6.45, 7) is 5.35. The average Bonchev–Trinajstić information content (AvgIpc) is 2.49. The standard InChI is InChI=1S/C16H30N2/c1-2-4-16(5-3-1)18-12-8-15(9-13-18)14-6-10-17-11-7-14/h14-17H,1-13H2. The van der Waals surface area contributed by atoms with Crippen LogP contribution in [0.4, 0.5) is 0 Å². The van der Waals surface area contributed by atoms with Gasteiger partial charge in [0, 0.05) is 6.04 Å². The van der Waals surface area contributed by atoms with E-state index in [1.54, 1.807) is 0 Å². The lowest BCUT2D eigenvalue weighted by Gasteiger charge is -2.42. The van der Waals surface area contributed by atoms with Crippen molar-refractivity contribution in [3.05, 3.63) is 0 Å². The number of nitrogens with zero attached hydrogens (tertiary/aromatic N) is 1. The van der Waals surface area contributed by atoms with Crippen molar-refractivity contribution >= 4 is 0 Å². The maximum atomic E-state index is 3.50. The Balaban J connectivity index is 1.45. The topological polar surface area (TPSA) is 15.3 Å². The molecule has 3 aliphatic rings. The van der Waals surface area contributed by atoms with Gasteiger partial charge in [-0.2, -0.15) is 0 Å². The molecule has 0 aromatic rings. The number of likely N-dealkylation sites (tertiary alicyclic amines) is 1. The fourth-order valence-electron chi connectivity index (χ4n) is 4.52. The molecule has 0 amide bonds. The van der Waals surface area contributed by atoms with Crippen molar-refractivity contribution in [1.82, 2.24) is 10.2 Å². The van der Waals surface area contributed by atoms with Gasteiger partial charge in [0.1, 0.15) is 0 Å². The van der Waals surface area contributed by atoms with Crippen LogP contribution in [0.1, 0.15) is 57.8 Å². The Kier molecular flexibility index (Phi) is 4.58. The van der Waals surface area contributed by atoms with Crippen LogP contribution in [0.5, 0.6) is 0 Å². The van der Waals surface area contributed by atoms with Gasteiger partial charge < -0.3 is 10.2 Å². The second-order valence-corrected chi connectivity index (χ2v) is 6.75. The van der Waals surface area contributed by atoms with Crippen LogP contribution in [0.3, 0.4) is 0 Å². The van der Waals surface area contributed by atoms with Crippen LogP contribution in [0.25, 0.3) is 0 Å². The van der Waals surface area contributed by atoms with Gasteiger partial charge in [-0.05, 0) is 76.5 Å². The molecule has 0 aromatic carbocycles. The lowest BCUT2D eigenvalue weighted by Crippen LogP contribution is -2.44. The van der Waals surface area contributed by atoms with Gasteiger partial charge in [-0.15, -0.1) is 0 Å². The largest absolute Gasteiger partial charge is 0.317 e. The molecule has 0 radical (unpaired) electrons. The van der Waals surface area contributed by atoms with Crippen molar-refractivity contribution in [1.29, 1.82) is 0 Å². The summed E-state index contributed by atoms with van der Waals surface area (Å²) in [6, 6.07) is 0.952. The summed E-state index contributed by atoms with van der Waals surface area (Å²) >= 11 is 0. The summed E-state index contributed by atoms with van der Waals surface area (Å²) < 4.78 is 0. The zero-order chi connectivity index (χ0) is 12.2. The number of rotatable bonds is 2. The summed E-state index contributed by atoms with van der Waals surface area (Å²) in [4.78, 5) is 2.83. The molecule has 1 N–H and O–H groups in total. The van der Waals surface area contributed by atoms with Gasteiger partial charge in [-0.3, -0.25) is 0 Å². The highest BCUT2D eigenvalue weighted by atomic mass is 15.2. The number of hydrogen-bond donors (Lipinski definition) is 1. The van der Waals surface area contributed by atoms with E-state index in [9.17, 15) is 0 Å². The quantitative estimate of drug-likeness (QED) is 0.810. The maximum Gasteiger partial charge on any atom is 0.00952 e. The Morgan fingerprint density at radius 3 is 1.94 bits per heavy atom. The molecular formula is C16H30N2. The third-order valence-electron chi connectivity index (χ3n) is 5.72. The van der Waals surface area contributed by atoms with Crippen molar-refractivity contribution in [2.75, 3.05) is 26.2 Å². The highest BCUT2D eigenvalue weighted by Gasteiger charge is 2.30. The van der Waals surface area contributed by atoms with Crippen molar-refractivity contribution < 1.29 is 0 Å². The molecule has 0 unspecified atom stereocenters. The molecular weight excluding hydrogens is 220 g/mol. The Morgan fingerprint density at radius 1 is 0.667 bits per heavy atom. The molecule has 0 spiro atoms. The van der Waals surface area contributed by atoms with E-state index in [4.69, 9.17) is 0 Å². The molecule has 3 rings (SSSR count). The Morgan fingerprint density at radius 2 is 1.28 bits per heavy atom. The van der Waals surface area contributed by atoms with E-state index in [0.29, 0.717) is 0 Å². The third-order valence-corrected chi connectivity index (χ3v) is 5.72. The molecule has 2 nitrogen and oxygen atoms in total. The monoisotopic (exact) mass is 250 g/mol. The third kappa shape index (κ3) is 3.08. The van der Waals surface area contributed by atoms with Crippen LogP contribution in [0, 0.1) is 11.8 Å². The summed E-state index contributed by atoms with van der Waals surface area (Å²) in [6.07, 6.45) is 13.3. The normalized spacial score (nSPS) is 30.7. The Labute approximate surface area is 113 Å². The molecule has 3 fully saturated rings. The molecule has 1 aliphatic carbocycles. The molecule has 2 heteroatoms. The van der Waals surface area contributed by atoms with Crippen molar-refractivity contribution in [2.24, 2.45) is 11.8 Å². The van der Waals surface area contributed by atoms with E-state index < -0.39 is 0 Å². The van der Waals surface area contributed by atoms with Gasteiger partial charge in [0.15, 0.2) is 0 Å². The first-order valence-electron chi connectivity index (χ1n) is 8.38. The molecule has 18 heavy (non-hydrogen) atoms. The van der Waals surface area contributed by atoms with Crippen LogP contribution < -0.4 is 5.32 Å². The van der Waals surface area contributed by atoms with Gasteiger partial charge in [-0.1, -0.05) is 19.3 Å². The maximum absolute atomic E-state index is 3.50. The van der Waals surface area contributed by atoms with Gasteiger partial charge in [0.2, 0.25) is 0 Å². The van der Waals surface area contributed by atoms with Crippen LogP contribution in [0.15, 0.2) is 0 Å². The molecule has 104 valence electrons. The molecule has 2 saturated heterocycles. The van der Waals surface area contributed by atoms with Gasteiger partial charge >= 0.3 is 0 Å². The summed E-state index contributed by atoms with van der Waals surface area (Å²) in [5.41, 5.74) is 0. The molecule has 0 bridgehead atoms. The minimum atomic E-state index is 0.952. The number of hydrogen-bond acceptors (Lipinski definition) is 2. The lowest BCUT2D eigenvalue weighted by molar-refractivity contribution is 0.0805. The van der Waals surface area contributed by atoms with E-state index >= 15 is 0 Å². The SMILES string of the molecule is C1CCC(N2CCC(C3CCNCC3)CC2)CC1. The van der Waals surface area contributed by atoms with Crippen molar-refractivity contribution in [3.63, 3.8) is 0 Å². The second-order valence-electron chi connectivity index (χ2n) is 6.75. The molecule has 0 atom stereocenters. The van der Waals surface area contributed by atoms with Gasteiger partial charge in [0.05, 0.1) is 0 Å². The predicted molar refractivity (Wildman–Crippen MR) is 76.8 cm³/mol. The minimum absolute atomic E-state index is 0.952. The van der Waals surface area contributed by atoms with E-state index in [0.717, 1.165) is 17.9 Å². The predicted octanol–water partition coefficient (Wildman–Crippen LogP) is 3.03. The van der Waals surface area contributed by atoms with Crippen LogP contribution in [0.2, 0.25) is 0 Å². The van der Waals surface area contributed by atoms with Crippen molar-refractivity contribution in [2.45, 2.75) is 63.8 Å². The van der Waals surface area contributed by atoms with Gasteiger partial charge in [0.25, 0.3) is 0 Å². The first-order valence-corrected chi connectivity index (χ1v) is 8.38. The second kappa shape index (κ2) is 6.38. The van der Waals surface area contributed by atoms with Crippen LogP contribution >= 0.6 is 0 Å². The smallest absolute Gasteiger partial charge is 0.00952 e. The minimum Gasteiger partial charge on any atom is -0.317 e. The van der Waals surface area contributed by atoms with Crippen LogP contribution in [-0.4, -0.2) is 37.1 Å². The number of nitrogens with one attached hydrogen (secondary N) is 1. The summed E-state index contributed by atoms with van der Waals surface area (Å²) in [7, 11) is 0. The van der Waals surface area contributed by atoms with E-state index in [1.807, 2.05) is 0 Å². The van der Waals surface area contributed by atoms with E-state index in [1.165, 1.54) is 84.0 Å². The van der Waals surface area contributed by atoms with E-state index in [2.05, 4.69) is 10.2 Å². The zero-order valence-corrected chi connectivity index (χ0v) is 11.9. The average molecular weight is 250 g/mol. The Bertz CT molecular complexity index is 207. The van der Waals surface area contributed by atoms with Gasteiger partial charge in [-0.25, -0.2) is 0 Å².